The van der Waals surface area contributed by atoms with Crippen LogP contribution in [0, 0.1) is 0 Å². The SMILES string of the molecule is CC(=O)[C@H](CCN(C)C)NC(=O)OC(C)(C)C. The minimum Gasteiger partial charge on any atom is -0.444 e. The number of hydrogen-bond acceptors (Lipinski definition) is 4. The molecule has 1 atom stereocenters. The summed E-state index contributed by atoms with van der Waals surface area (Å²) in [6.07, 6.45) is 0.0399. The van der Waals surface area contributed by atoms with Crippen molar-refractivity contribution in [2.24, 2.45) is 0 Å². The van der Waals surface area contributed by atoms with E-state index in [9.17, 15) is 9.59 Å². The van der Waals surface area contributed by atoms with Crippen molar-refractivity contribution in [1.82, 2.24) is 10.2 Å². The molecule has 1 amide bonds. The summed E-state index contributed by atoms with van der Waals surface area (Å²) in [5.74, 6) is -0.0577. The highest BCUT2D eigenvalue weighted by Crippen LogP contribution is 2.07. The van der Waals surface area contributed by atoms with Crippen molar-refractivity contribution in [3.63, 3.8) is 0 Å². The van der Waals surface area contributed by atoms with Crippen LogP contribution in [0.3, 0.4) is 0 Å². The lowest BCUT2D eigenvalue weighted by Crippen LogP contribution is -2.43. The van der Waals surface area contributed by atoms with Crippen LogP contribution in [0.15, 0.2) is 0 Å². The predicted molar refractivity (Wildman–Crippen MR) is 67.0 cm³/mol. The van der Waals surface area contributed by atoms with Crippen molar-refractivity contribution in [3.8, 4) is 0 Å². The number of amides is 1. The summed E-state index contributed by atoms with van der Waals surface area (Å²) in [5.41, 5.74) is -0.549. The first-order chi connectivity index (χ1) is 7.61. The Balaban J connectivity index is 4.26. The third kappa shape index (κ3) is 8.68. The van der Waals surface area contributed by atoms with E-state index in [0.29, 0.717) is 6.42 Å². The van der Waals surface area contributed by atoms with Crippen LogP contribution in [-0.2, 0) is 9.53 Å². The van der Waals surface area contributed by atoms with E-state index in [0.717, 1.165) is 6.54 Å². The van der Waals surface area contributed by atoms with Gasteiger partial charge >= 0.3 is 6.09 Å². The molecule has 0 bridgehead atoms. The lowest BCUT2D eigenvalue weighted by Gasteiger charge is -2.23. The van der Waals surface area contributed by atoms with Crippen LogP contribution in [-0.4, -0.2) is 49.1 Å². The maximum atomic E-state index is 11.5. The fourth-order valence-electron chi connectivity index (χ4n) is 1.21. The molecule has 0 saturated carbocycles. The average Bonchev–Trinajstić information content (AvgIpc) is 2.08. The molecule has 0 radical (unpaired) electrons. The normalized spacial score (nSPS) is 13.4. The molecule has 100 valence electrons. The summed E-state index contributed by atoms with van der Waals surface area (Å²) in [6.45, 7) is 7.57. The highest BCUT2D eigenvalue weighted by Gasteiger charge is 2.21. The smallest absolute Gasteiger partial charge is 0.408 e. The third-order valence-corrected chi connectivity index (χ3v) is 2.05. The number of carbonyl (C=O) groups is 2. The Morgan fingerprint density at radius 2 is 1.82 bits per heavy atom. The molecule has 0 aromatic carbocycles. The van der Waals surface area contributed by atoms with Gasteiger partial charge in [-0.05, 0) is 54.8 Å². The number of ketones is 1. The summed E-state index contributed by atoms with van der Waals surface area (Å²) >= 11 is 0. The Kier molecular flexibility index (Phi) is 6.16. The van der Waals surface area contributed by atoms with Crippen LogP contribution in [0.5, 0.6) is 0 Å². The van der Waals surface area contributed by atoms with Crippen LogP contribution in [0.25, 0.3) is 0 Å². The van der Waals surface area contributed by atoms with Gasteiger partial charge in [-0.25, -0.2) is 4.79 Å². The van der Waals surface area contributed by atoms with Gasteiger partial charge in [0.25, 0.3) is 0 Å². The Morgan fingerprint density at radius 1 is 1.29 bits per heavy atom. The molecule has 0 aromatic rings. The van der Waals surface area contributed by atoms with E-state index in [2.05, 4.69) is 5.32 Å². The van der Waals surface area contributed by atoms with Gasteiger partial charge in [0.1, 0.15) is 5.60 Å². The predicted octanol–water partition coefficient (Wildman–Crippen LogP) is 1.42. The van der Waals surface area contributed by atoms with Gasteiger partial charge in [-0.3, -0.25) is 4.79 Å². The van der Waals surface area contributed by atoms with E-state index in [-0.39, 0.29) is 5.78 Å². The van der Waals surface area contributed by atoms with E-state index >= 15 is 0 Å². The van der Waals surface area contributed by atoms with Crippen molar-refractivity contribution in [2.45, 2.75) is 45.8 Å². The summed E-state index contributed by atoms with van der Waals surface area (Å²) in [7, 11) is 3.84. The second kappa shape index (κ2) is 6.59. The molecule has 0 aliphatic heterocycles. The summed E-state index contributed by atoms with van der Waals surface area (Å²) in [6, 6.07) is -0.479. The highest BCUT2D eigenvalue weighted by molar-refractivity contribution is 5.85. The van der Waals surface area contributed by atoms with Crippen LogP contribution < -0.4 is 5.32 Å². The van der Waals surface area contributed by atoms with Gasteiger partial charge in [0.2, 0.25) is 0 Å². The summed E-state index contributed by atoms with van der Waals surface area (Å²) in [5, 5.41) is 2.59. The Morgan fingerprint density at radius 3 is 2.18 bits per heavy atom. The topological polar surface area (TPSA) is 58.6 Å². The maximum Gasteiger partial charge on any atom is 0.408 e. The highest BCUT2D eigenvalue weighted by atomic mass is 16.6. The molecular weight excluding hydrogens is 220 g/mol. The van der Waals surface area contributed by atoms with Gasteiger partial charge in [-0.2, -0.15) is 0 Å². The zero-order chi connectivity index (χ0) is 13.6. The Hall–Kier alpha value is -1.10. The van der Waals surface area contributed by atoms with Crippen LogP contribution in [0.2, 0.25) is 0 Å². The molecular formula is C12H24N2O3. The number of hydrogen-bond donors (Lipinski definition) is 1. The fraction of sp³-hybridized carbons (Fsp3) is 0.833. The third-order valence-electron chi connectivity index (χ3n) is 2.05. The fourth-order valence-corrected chi connectivity index (χ4v) is 1.21. The van der Waals surface area contributed by atoms with E-state index in [1.807, 2.05) is 19.0 Å². The van der Waals surface area contributed by atoms with Gasteiger partial charge < -0.3 is 15.0 Å². The maximum absolute atomic E-state index is 11.5. The van der Waals surface area contributed by atoms with Crippen molar-refractivity contribution < 1.29 is 14.3 Å². The monoisotopic (exact) mass is 244 g/mol. The van der Waals surface area contributed by atoms with Gasteiger partial charge in [0.05, 0.1) is 6.04 Å². The quantitative estimate of drug-likeness (QED) is 0.794. The molecule has 5 heteroatoms. The molecule has 0 aliphatic carbocycles. The number of alkyl carbamates (subject to hydrolysis) is 1. The standard InChI is InChI=1S/C12H24N2O3/c1-9(15)10(7-8-14(5)6)13-11(16)17-12(2,3)4/h10H,7-8H2,1-6H3,(H,13,16)/t10-/m0/s1. The molecule has 0 fully saturated rings. The number of ether oxygens (including phenoxy) is 1. The van der Waals surface area contributed by atoms with Crippen molar-refractivity contribution in [3.05, 3.63) is 0 Å². The van der Waals surface area contributed by atoms with Crippen LogP contribution in [0.4, 0.5) is 4.79 Å². The second-order valence-electron chi connectivity index (χ2n) is 5.40. The molecule has 0 heterocycles. The minimum atomic E-state index is -0.549. The number of nitrogens with zero attached hydrogens (tertiary/aromatic N) is 1. The van der Waals surface area contributed by atoms with E-state index in [4.69, 9.17) is 4.74 Å². The molecule has 5 nitrogen and oxygen atoms in total. The van der Waals surface area contributed by atoms with Crippen molar-refractivity contribution >= 4 is 11.9 Å². The zero-order valence-electron chi connectivity index (χ0n) is 11.7. The van der Waals surface area contributed by atoms with Gasteiger partial charge in [-0.15, -0.1) is 0 Å². The molecule has 0 spiro atoms. The van der Waals surface area contributed by atoms with E-state index in [1.54, 1.807) is 20.8 Å². The first kappa shape index (κ1) is 15.9. The van der Waals surface area contributed by atoms with Gasteiger partial charge in [0, 0.05) is 0 Å². The molecule has 0 aliphatic rings. The van der Waals surface area contributed by atoms with Crippen LogP contribution in [0.1, 0.15) is 34.1 Å². The number of nitrogens with one attached hydrogen (secondary N) is 1. The number of Topliss-reactive ketones (excluding diaryl/α,β-unsaturated/α-hetero) is 1. The largest absolute Gasteiger partial charge is 0.444 e. The molecule has 0 aromatic heterocycles. The number of rotatable bonds is 5. The van der Waals surface area contributed by atoms with Crippen molar-refractivity contribution in [1.29, 1.82) is 0 Å². The average molecular weight is 244 g/mol. The lowest BCUT2D eigenvalue weighted by atomic mass is 10.1. The first-order valence-electron chi connectivity index (χ1n) is 5.76. The summed E-state index contributed by atoms with van der Waals surface area (Å²) < 4.78 is 5.11. The van der Waals surface area contributed by atoms with Gasteiger partial charge in [-0.1, -0.05) is 0 Å². The van der Waals surface area contributed by atoms with E-state index in [1.165, 1.54) is 6.92 Å². The van der Waals surface area contributed by atoms with Gasteiger partial charge in [0.15, 0.2) is 5.78 Å². The molecule has 0 rings (SSSR count). The second-order valence-corrected chi connectivity index (χ2v) is 5.40. The van der Waals surface area contributed by atoms with E-state index < -0.39 is 17.7 Å². The first-order valence-corrected chi connectivity index (χ1v) is 5.76. The van der Waals surface area contributed by atoms with Crippen LogP contribution >= 0.6 is 0 Å². The Labute approximate surface area is 103 Å². The number of carbonyl (C=O) groups excluding carboxylic acids is 2. The molecule has 0 unspecified atom stereocenters. The molecule has 17 heavy (non-hydrogen) atoms. The zero-order valence-corrected chi connectivity index (χ0v) is 11.7. The Bertz CT molecular complexity index is 269. The lowest BCUT2D eigenvalue weighted by molar-refractivity contribution is -0.119. The minimum absolute atomic E-state index is 0.0577. The molecule has 0 saturated heterocycles. The summed E-state index contributed by atoms with van der Waals surface area (Å²) in [4.78, 5) is 24.9. The van der Waals surface area contributed by atoms with Crippen molar-refractivity contribution in [2.75, 3.05) is 20.6 Å². The molecule has 1 N–H and O–H groups in total.